The zero-order valence-electron chi connectivity index (χ0n) is 9.02. The monoisotopic (exact) mass is 210 g/mol. The summed E-state index contributed by atoms with van der Waals surface area (Å²) < 4.78 is 0. The summed E-state index contributed by atoms with van der Waals surface area (Å²) in [5, 5.41) is 16.8. The summed E-state index contributed by atoms with van der Waals surface area (Å²) in [5.41, 5.74) is 0.253. The topological polar surface area (TPSA) is 80.4 Å². The van der Waals surface area contributed by atoms with Gasteiger partial charge in [-0.3, -0.25) is 15.0 Å². The third kappa shape index (κ3) is 3.79. The van der Waals surface area contributed by atoms with Gasteiger partial charge in [-0.25, -0.2) is 5.06 Å². The number of likely N-dealkylation sites (N-methyl/N-ethyl adjacent to an activating group) is 1. The van der Waals surface area contributed by atoms with E-state index in [2.05, 4.69) is 4.84 Å². The van der Waals surface area contributed by atoms with Crippen molar-refractivity contribution in [2.75, 3.05) is 20.7 Å². The van der Waals surface area contributed by atoms with E-state index in [0.717, 1.165) is 11.4 Å². The largest absolute Gasteiger partial charge is 0.315 e. The Morgan fingerprint density at radius 3 is 2.60 bits per heavy atom. The van der Waals surface area contributed by atoms with E-state index in [4.69, 9.17) is 10.7 Å². The molecule has 0 fully saturated rings. The lowest BCUT2D eigenvalue weighted by molar-refractivity contribution is -0.168. The second kappa shape index (κ2) is 6.56. The maximum Gasteiger partial charge on any atom is 0.265 e. The Balaban J connectivity index is 4.55. The van der Waals surface area contributed by atoms with Gasteiger partial charge in [0.25, 0.3) is 5.91 Å². The van der Waals surface area contributed by atoms with Crippen LogP contribution in [0, 0.1) is 16.7 Å². The van der Waals surface area contributed by atoms with Gasteiger partial charge in [0.1, 0.15) is 18.3 Å². The predicted molar refractivity (Wildman–Crippen MR) is 54.6 cm³/mol. The van der Waals surface area contributed by atoms with Gasteiger partial charge in [-0.1, -0.05) is 6.08 Å². The molecule has 0 radical (unpaired) electrons. The van der Waals surface area contributed by atoms with E-state index in [9.17, 15) is 4.79 Å². The molecule has 0 atom stereocenters. The molecule has 0 saturated carbocycles. The van der Waals surface area contributed by atoms with Crippen molar-refractivity contribution in [3.63, 3.8) is 0 Å². The van der Waals surface area contributed by atoms with E-state index in [-0.39, 0.29) is 18.1 Å². The third-order valence-electron chi connectivity index (χ3n) is 1.78. The van der Waals surface area contributed by atoms with Crippen LogP contribution in [0.25, 0.3) is 0 Å². The number of carbonyl (C=O) groups excluding carboxylic acids is 1. The first-order valence-corrected chi connectivity index (χ1v) is 4.25. The van der Waals surface area contributed by atoms with Gasteiger partial charge in [0.05, 0.1) is 13.4 Å². The van der Waals surface area contributed by atoms with Gasteiger partial charge in [-0.05, 0) is 6.92 Å². The van der Waals surface area contributed by atoms with Crippen molar-refractivity contribution in [1.82, 2.24) is 9.96 Å². The number of carbonyl (C=O) groups is 1. The number of hydroxylamine groups is 2. The Morgan fingerprint density at radius 1 is 1.67 bits per heavy atom. The summed E-state index contributed by atoms with van der Waals surface area (Å²) in [6.45, 7) is 1.57. The quantitative estimate of drug-likeness (QED) is 0.307. The smallest absolute Gasteiger partial charge is 0.265 e. The fourth-order valence-electron chi connectivity index (χ4n) is 0.842. The molecule has 0 aromatic heterocycles. The maximum atomic E-state index is 11.4. The molecule has 0 aliphatic rings. The number of nitriles is 1. The van der Waals surface area contributed by atoms with Gasteiger partial charge in [-0.2, -0.15) is 5.26 Å². The average molecular weight is 210 g/mol. The highest BCUT2D eigenvalue weighted by Crippen LogP contribution is 2.00. The standard InChI is InChI=1S/C9H14N4O2/c1-4-8(5-10)13(7-11)6-9(14)12(2)15-3/h4,7,11H,6H2,1-3H3/b8-4-,11-7?. The van der Waals surface area contributed by atoms with E-state index >= 15 is 0 Å². The van der Waals surface area contributed by atoms with Crippen molar-refractivity contribution in [3.8, 4) is 6.07 Å². The number of amides is 1. The lowest BCUT2D eigenvalue weighted by Crippen LogP contribution is -2.36. The Bertz CT molecular complexity index is 306. The van der Waals surface area contributed by atoms with Crippen LogP contribution < -0.4 is 0 Å². The number of allylic oxidation sites excluding steroid dienone is 2. The molecule has 82 valence electrons. The molecule has 0 unspecified atom stereocenters. The first-order valence-electron chi connectivity index (χ1n) is 4.25. The van der Waals surface area contributed by atoms with E-state index in [0.29, 0.717) is 0 Å². The summed E-state index contributed by atoms with van der Waals surface area (Å²) in [7, 11) is 2.83. The third-order valence-corrected chi connectivity index (χ3v) is 1.78. The summed E-state index contributed by atoms with van der Waals surface area (Å²) in [6, 6.07) is 1.89. The molecule has 15 heavy (non-hydrogen) atoms. The van der Waals surface area contributed by atoms with Crippen LogP contribution in [0.2, 0.25) is 0 Å². The molecule has 0 heterocycles. The van der Waals surface area contributed by atoms with Crippen molar-refractivity contribution >= 4 is 12.2 Å². The van der Waals surface area contributed by atoms with Crippen molar-refractivity contribution in [1.29, 1.82) is 10.7 Å². The van der Waals surface area contributed by atoms with Gasteiger partial charge in [0.2, 0.25) is 0 Å². The number of hydrogen-bond donors (Lipinski definition) is 1. The van der Waals surface area contributed by atoms with Gasteiger partial charge in [0.15, 0.2) is 0 Å². The molecule has 1 N–H and O–H groups in total. The highest BCUT2D eigenvalue weighted by atomic mass is 16.7. The van der Waals surface area contributed by atoms with Crippen molar-refractivity contribution in [2.24, 2.45) is 0 Å². The van der Waals surface area contributed by atoms with Crippen LogP contribution in [0.5, 0.6) is 0 Å². The molecular formula is C9H14N4O2. The molecule has 6 heteroatoms. The molecular weight excluding hydrogens is 196 g/mol. The molecule has 0 saturated heterocycles. The van der Waals surface area contributed by atoms with Gasteiger partial charge in [0, 0.05) is 7.05 Å². The first kappa shape index (κ1) is 13.1. The number of hydrogen-bond acceptors (Lipinski definition) is 4. The van der Waals surface area contributed by atoms with Crippen molar-refractivity contribution < 1.29 is 9.63 Å². The molecule has 0 bridgehead atoms. The highest BCUT2D eigenvalue weighted by molar-refractivity contribution is 5.80. The summed E-state index contributed by atoms with van der Waals surface area (Å²) in [4.78, 5) is 17.3. The number of nitrogens with one attached hydrogen (secondary N) is 1. The van der Waals surface area contributed by atoms with Gasteiger partial charge in [-0.15, -0.1) is 0 Å². The Morgan fingerprint density at radius 2 is 2.27 bits per heavy atom. The van der Waals surface area contributed by atoms with Crippen molar-refractivity contribution in [2.45, 2.75) is 6.92 Å². The van der Waals surface area contributed by atoms with Crippen LogP contribution in [0.1, 0.15) is 6.92 Å². The van der Waals surface area contributed by atoms with E-state index in [1.807, 2.05) is 6.07 Å². The predicted octanol–water partition coefficient (Wildman–Crippen LogP) is 0.343. The van der Waals surface area contributed by atoms with Gasteiger partial charge < -0.3 is 4.90 Å². The molecule has 0 rings (SSSR count). The minimum absolute atomic E-state index is 0.0962. The van der Waals surface area contributed by atoms with Crippen LogP contribution in [0.15, 0.2) is 11.8 Å². The molecule has 0 aromatic rings. The fraction of sp³-hybridized carbons (Fsp3) is 0.444. The number of nitrogens with zero attached hydrogens (tertiary/aromatic N) is 3. The Kier molecular flexibility index (Phi) is 5.75. The normalized spacial score (nSPS) is 10.4. The molecule has 6 nitrogen and oxygen atoms in total. The minimum Gasteiger partial charge on any atom is -0.315 e. The molecule has 1 amide bonds. The summed E-state index contributed by atoms with van der Waals surface area (Å²) in [6.07, 6.45) is 2.46. The Labute approximate surface area is 88.8 Å². The molecule has 0 aliphatic heterocycles. The zero-order valence-corrected chi connectivity index (χ0v) is 9.02. The second-order valence-electron chi connectivity index (χ2n) is 2.62. The molecule has 0 spiro atoms. The summed E-state index contributed by atoms with van der Waals surface area (Å²) >= 11 is 0. The SMILES string of the molecule is C/C=C(/C#N)N(C=N)CC(=O)N(C)OC. The van der Waals surface area contributed by atoms with Crippen LogP contribution in [-0.4, -0.2) is 42.9 Å². The number of rotatable bonds is 5. The van der Waals surface area contributed by atoms with Crippen LogP contribution in [0.4, 0.5) is 0 Å². The Hall–Kier alpha value is -1.87. The highest BCUT2D eigenvalue weighted by Gasteiger charge is 2.14. The second-order valence-corrected chi connectivity index (χ2v) is 2.62. The lowest BCUT2D eigenvalue weighted by Gasteiger charge is -2.20. The van der Waals surface area contributed by atoms with Crippen LogP contribution in [-0.2, 0) is 9.63 Å². The molecule has 0 aromatic carbocycles. The summed E-state index contributed by atoms with van der Waals surface area (Å²) in [5.74, 6) is -0.337. The lowest BCUT2D eigenvalue weighted by atomic mass is 10.4. The van der Waals surface area contributed by atoms with E-state index in [1.54, 1.807) is 6.92 Å². The van der Waals surface area contributed by atoms with Crippen molar-refractivity contribution in [3.05, 3.63) is 11.8 Å². The minimum atomic E-state index is -0.337. The zero-order chi connectivity index (χ0) is 11.8. The van der Waals surface area contributed by atoms with E-state index in [1.165, 1.54) is 25.1 Å². The average Bonchev–Trinajstić information content (AvgIpc) is 2.27. The first-order chi connectivity index (χ1) is 7.10. The fourth-order valence-corrected chi connectivity index (χ4v) is 0.842. The van der Waals surface area contributed by atoms with Gasteiger partial charge >= 0.3 is 0 Å². The van der Waals surface area contributed by atoms with E-state index < -0.39 is 0 Å². The maximum absolute atomic E-state index is 11.4. The van der Waals surface area contributed by atoms with Crippen LogP contribution in [0.3, 0.4) is 0 Å². The molecule has 0 aliphatic carbocycles. The van der Waals surface area contributed by atoms with Crippen LogP contribution >= 0.6 is 0 Å².